The van der Waals surface area contributed by atoms with Gasteiger partial charge in [0.25, 0.3) is 5.91 Å². The van der Waals surface area contributed by atoms with Crippen LogP contribution < -0.4 is 5.32 Å². The second-order valence-corrected chi connectivity index (χ2v) is 12.4. The Balaban J connectivity index is 1.29. The second kappa shape index (κ2) is 10.5. The van der Waals surface area contributed by atoms with Crippen molar-refractivity contribution in [3.8, 4) is 0 Å². The predicted octanol–water partition coefficient (Wildman–Crippen LogP) is 3.43. The molecule has 2 saturated heterocycles. The minimum absolute atomic E-state index is 0.171. The summed E-state index contributed by atoms with van der Waals surface area (Å²) in [6.45, 7) is 3.50. The topological polar surface area (TPSA) is 79.0 Å². The Hall–Kier alpha value is -3.11. The summed E-state index contributed by atoms with van der Waals surface area (Å²) in [6.07, 6.45) is 0.180. The maximum atomic E-state index is 14.1. The first-order valence-corrected chi connectivity index (χ1v) is 14.8. The summed E-state index contributed by atoms with van der Waals surface area (Å²) in [5.74, 6) is -0.502. The molecule has 0 radical (unpaired) electrons. The Labute approximate surface area is 228 Å². The number of sulfonamides is 1. The van der Waals surface area contributed by atoms with Gasteiger partial charge >= 0.3 is 0 Å². The normalized spacial score (nSPS) is 25.5. The summed E-state index contributed by atoms with van der Waals surface area (Å²) in [4.78, 5) is 16.2. The number of hydrogen-bond donors (Lipinski definition) is 1. The third-order valence-corrected chi connectivity index (χ3v) is 10.1. The lowest BCUT2D eigenvalue weighted by molar-refractivity contribution is -0.152. The molecule has 1 N–H and O–H groups in total. The molecular formula is C30H32FN3O4S. The summed E-state index contributed by atoms with van der Waals surface area (Å²) >= 11 is 0. The van der Waals surface area contributed by atoms with Crippen molar-refractivity contribution >= 4 is 15.9 Å². The van der Waals surface area contributed by atoms with Gasteiger partial charge in [-0.05, 0) is 54.3 Å². The van der Waals surface area contributed by atoms with E-state index in [-0.39, 0.29) is 41.7 Å². The van der Waals surface area contributed by atoms with Gasteiger partial charge in [-0.15, -0.1) is 0 Å². The number of carbonyl (C=O) groups is 1. The third-order valence-electron chi connectivity index (χ3n) is 8.16. The van der Waals surface area contributed by atoms with Gasteiger partial charge in [0.2, 0.25) is 10.0 Å². The van der Waals surface area contributed by atoms with Crippen LogP contribution in [0, 0.1) is 12.7 Å². The van der Waals surface area contributed by atoms with Crippen LogP contribution in [0.2, 0.25) is 0 Å². The molecule has 9 heteroatoms. The number of hydrogen-bond acceptors (Lipinski definition) is 5. The number of halogens is 1. The van der Waals surface area contributed by atoms with E-state index < -0.39 is 22.2 Å². The number of nitrogens with zero attached hydrogens (tertiary/aromatic N) is 2. The van der Waals surface area contributed by atoms with E-state index in [9.17, 15) is 17.6 Å². The first kappa shape index (κ1) is 26.1. The van der Waals surface area contributed by atoms with E-state index in [0.717, 1.165) is 22.3 Å². The molecule has 3 aliphatic rings. The van der Waals surface area contributed by atoms with Crippen LogP contribution >= 0.6 is 0 Å². The zero-order chi connectivity index (χ0) is 27.1. The van der Waals surface area contributed by atoms with Gasteiger partial charge in [-0.25, -0.2) is 12.8 Å². The molecule has 3 heterocycles. The SMILES string of the molecule is Cc1ccc(S(=O)(=O)N2CCN[C@H]3CO[C@@H](C(=O)N4CCc5ccccc5[C@@H]4c4ccc(F)cc4)C[C@@H]32)cc1. The average Bonchev–Trinajstić information content (AvgIpc) is 2.96. The van der Waals surface area contributed by atoms with Crippen LogP contribution in [0.3, 0.4) is 0 Å². The number of piperazine rings is 1. The van der Waals surface area contributed by atoms with E-state index in [4.69, 9.17) is 4.74 Å². The molecule has 7 nitrogen and oxygen atoms in total. The maximum absolute atomic E-state index is 14.1. The molecule has 39 heavy (non-hydrogen) atoms. The lowest BCUT2D eigenvalue weighted by Crippen LogP contribution is -2.65. The molecule has 204 valence electrons. The van der Waals surface area contributed by atoms with Crippen molar-refractivity contribution in [3.63, 3.8) is 0 Å². The van der Waals surface area contributed by atoms with Crippen molar-refractivity contribution in [2.24, 2.45) is 0 Å². The first-order valence-electron chi connectivity index (χ1n) is 13.4. The summed E-state index contributed by atoms with van der Waals surface area (Å²) in [5, 5.41) is 3.38. The van der Waals surface area contributed by atoms with Crippen LogP contribution in [0.1, 0.15) is 34.7 Å². The molecule has 0 aliphatic carbocycles. The Morgan fingerprint density at radius 2 is 1.74 bits per heavy atom. The van der Waals surface area contributed by atoms with Crippen LogP contribution in [0.4, 0.5) is 4.39 Å². The molecule has 0 bridgehead atoms. The zero-order valence-electron chi connectivity index (χ0n) is 21.8. The maximum Gasteiger partial charge on any atom is 0.252 e. The van der Waals surface area contributed by atoms with Gasteiger partial charge < -0.3 is 15.0 Å². The summed E-state index contributed by atoms with van der Waals surface area (Å²) < 4.78 is 48.7. The monoisotopic (exact) mass is 549 g/mol. The Kier molecular flexibility index (Phi) is 7.01. The standard InChI is InChI=1S/C30H32FN3O4S/c1-20-6-12-24(13-7-20)39(36,37)34-17-15-32-26-19-38-28(18-27(26)34)30(35)33-16-14-21-4-2-3-5-25(21)29(33)22-8-10-23(31)11-9-22/h2-13,26-29,32H,14-19H2,1H3/t26-,27-,28+,29-/m0/s1. The summed E-state index contributed by atoms with van der Waals surface area (Å²) in [5.41, 5.74) is 3.99. The van der Waals surface area contributed by atoms with Crippen LogP contribution in [0.5, 0.6) is 0 Å². The molecule has 0 saturated carbocycles. The number of amides is 1. The van der Waals surface area contributed by atoms with Crippen molar-refractivity contribution in [3.05, 3.63) is 101 Å². The molecule has 2 fully saturated rings. The van der Waals surface area contributed by atoms with Gasteiger partial charge in [0.1, 0.15) is 11.9 Å². The van der Waals surface area contributed by atoms with Crippen molar-refractivity contribution < 1.29 is 22.3 Å². The van der Waals surface area contributed by atoms with Crippen molar-refractivity contribution in [1.29, 1.82) is 0 Å². The van der Waals surface area contributed by atoms with Crippen molar-refractivity contribution in [2.45, 2.75) is 48.9 Å². The smallest absolute Gasteiger partial charge is 0.252 e. The van der Waals surface area contributed by atoms with Gasteiger partial charge in [0, 0.05) is 38.1 Å². The Morgan fingerprint density at radius 1 is 1.00 bits per heavy atom. The minimum atomic E-state index is -3.74. The highest BCUT2D eigenvalue weighted by molar-refractivity contribution is 7.89. The lowest BCUT2D eigenvalue weighted by Gasteiger charge is -2.47. The van der Waals surface area contributed by atoms with E-state index in [1.165, 1.54) is 12.1 Å². The molecule has 0 aromatic heterocycles. The fourth-order valence-electron chi connectivity index (χ4n) is 6.13. The number of benzene rings is 3. The minimum Gasteiger partial charge on any atom is -0.367 e. The van der Waals surface area contributed by atoms with Gasteiger partial charge in [-0.2, -0.15) is 4.31 Å². The molecule has 0 spiro atoms. The van der Waals surface area contributed by atoms with Gasteiger partial charge in [0.15, 0.2) is 0 Å². The average molecular weight is 550 g/mol. The molecule has 3 aromatic rings. The predicted molar refractivity (Wildman–Crippen MR) is 145 cm³/mol. The van der Waals surface area contributed by atoms with Crippen LogP contribution in [-0.2, 0) is 26.0 Å². The molecule has 3 aromatic carbocycles. The summed E-state index contributed by atoms with van der Waals surface area (Å²) in [6, 6.07) is 20.2. The molecule has 1 amide bonds. The largest absolute Gasteiger partial charge is 0.367 e. The molecular weight excluding hydrogens is 517 g/mol. The molecule has 4 atom stereocenters. The van der Waals surface area contributed by atoms with Crippen molar-refractivity contribution in [1.82, 2.24) is 14.5 Å². The Bertz CT molecular complexity index is 1460. The second-order valence-electron chi connectivity index (χ2n) is 10.5. The highest BCUT2D eigenvalue weighted by Gasteiger charge is 2.46. The van der Waals surface area contributed by atoms with E-state index >= 15 is 0 Å². The number of fused-ring (bicyclic) bond motifs is 2. The summed E-state index contributed by atoms with van der Waals surface area (Å²) in [7, 11) is -3.74. The molecule has 3 aliphatic heterocycles. The van der Waals surface area contributed by atoms with Crippen LogP contribution in [0.25, 0.3) is 0 Å². The number of nitrogens with one attached hydrogen (secondary N) is 1. The highest BCUT2D eigenvalue weighted by Crippen LogP contribution is 2.37. The van der Waals surface area contributed by atoms with E-state index in [1.807, 2.05) is 30.0 Å². The van der Waals surface area contributed by atoms with E-state index in [0.29, 0.717) is 26.1 Å². The first-order chi connectivity index (χ1) is 18.8. The highest BCUT2D eigenvalue weighted by atomic mass is 32.2. The fraction of sp³-hybridized carbons (Fsp3) is 0.367. The molecule has 6 rings (SSSR count). The Morgan fingerprint density at radius 3 is 2.51 bits per heavy atom. The third kappa shape index (κ3) is 4.89. The van der Waals surface area contributed by atoms with Gasteiger partial charge in [-0.1, -0.05) is 54.1 Å². The van der Waals surface area contributed by atoms with E-state index in [1.54, 1.807) is 40.7 Å². The number of carbonyl (C=O) groups excluding carboxylic acids is 1. The molecule has 0 unspecified atom stereocenters. The van der Waals surface area contributed by atoms with Crippen LogP contribution in [-0.4, -0.2) is 68.0 Å². The van der Waals surface area contributed by atoms with Gasteiger partial charge in [-0.3, -0.25) is 4.79 Å². The number of rotatable bonds is 4. The lowest BCUT2D eigenvalue weighted by atomic mass is 9.87. The van der Waals surface area contributed by atoms with Crippen LogP contribution in [0.15, 0.2) is 77.7 Å². The quantitative estimate of drug-likeness (QED) is 0.540. The number of aryl methyl sites for hydroxylation is 1. The number of ether oxygens (including phenoxy) is 1. The fourth-order valence-corrected chi connectivity index (χ4v) is 7.80. The van der Waals surface area contributed by atoms with Gasteiger partial charge in [0.05, 0.1) is 17.5 Å². The van der Waals surface area contributed by atoms with Crippen molar-refractivity contribution in [2.75, 3.05) is 26.2 Å². The van der Waals surface area contributed by atoms with E-state index in [2.05, 4.69) is 11.4 Å². The zero-order valence-corrected chi connectivity index (χ0v) is 22.6.